The van der Waals surface area contributed by atoms with E-state index in [1.807, 2.05) is 20.8 Å². The summed E-state index contributed by atoms with van der Waals surface area (Å²) in [5.41, 5.74) is 6.04. The number of hydrogen-bond donors (Lipinski definition) is 1. The molecule has 0 radical (unpaired) electrons. The van der Waals surface area contributed by atoms with Crippen LogP contribution >= 0.6 is 0 Å². The van der Waals surface area contributed by atoms with Crippen molar-refractivity contribution in [3.05, 3.63) is 24.4 Å². The fourth-order valence-electron chi connectivity index (χ4n) is 2.67. The zero-order chi connectivity index (χ0) is 21.2. The van der Waals surface area contributed by atoms with Crippen LogP contribution < -0.4 is 5.73 Å². The van der Waals surface area contributed by atoms with E-state index in [4.69, 9.17) is 25.2 Å². The number of aliphatic imine (C=N–C) groups is 1. The van der Waals surface area contributed by atoms with E-state index in [1.165, 1.54) is 6.34 Å². The molecule has 0 bridgehead atoms. The van der Waals surface area contributed by atoms with Crippen molar-refractivity contribution in [3.8, 4) is 6.57 Å². The van der Waals surface area contributed by atoms with Crippen molar-refractivity contribution >= 4 is 18.3 Å². The van der Waals surface area contributed by atoms with Crippen molar-refractivity contribution in [2.45, 2.75) is 64.4 Å². The Morgan fingerprint density at radius 1 is 1.50 bits per heavy atom. The first-order valence-electron chi connectivity index (χ1n) is 9.17. The summed E-state index contributed by atoms with van der Waals surface area (Å²) in [5.74, 6) is 0.352. The number of nitriles is 1. The predicted octanol–water partition coefficient (Wildman–Crippen LogP) is 3.05. The summed E-state index contributed by atoms with van der Waals surface area (Å²) in [6.07, 6.45) is 6.48. The molecule has 0 aromatic rings. The highest BCUT2D eigenvalue weighted by atomic mass is 16.7. The maximum Gasteiger partial charge on any atom is 0.508 e. The third-order valence-electron chi connectivity index (χ3n) is 4.73. The molecule has 1 fully saturated rings. The van der Waals surface area contributed by atoms with Gasteiger partial charge in [-0.15, -0.1) is 0 Å². The lowest BCUT2D eigenvalue weighted by Crippen LogP contribution is -2.38. The molecule has 28 heavy (non-hydrogen) atoms. The zero-order valence-corrected chi connectivity index (χ0v) is 16.7. The summed E-state index contributed by atoms with van der Waals surface area (Å²) < 4.78 is 16.6. The zero-order valence-electron chi connectivity index (χ0n) is 16.7. The number of allylic oxidation sites excluding steroid dienone is 2. The van der Waals surface area contributed by atoms with E-state index in [1.54, 1.807) is 17.2 Å². The Labute approximate surface area is 166 Å². The molecule has 0 saturated carbocycles. The third kappa shape index (κ3) is 6.09. The number of ether oxygens (including phenoxy) is 3. The first-order valence-corrected chi connectivity index (χ1v) is 9.17. The van der Waals surface area contributed by atoms with Crippen molar-refractivity contribution in [1.82, 2.24) is 5.01 Å². The number of carbonyl (C=O) groups excluding carboxylic acids is 1. The molecule has 1 saturated heterocycles. The van der Waals surface area contributed by atoms with Crippen molar-refractivity contribution in [2.75, 3.05) is 6.61 Å². The van der Waals surface area contributed by atoms with Gasteiger partial charge in [-0.1, -0.05) is 26.5 Å². The van der Waals surface area contributed by atoms with Gasteiger partial charge in [0.15, 0.2) is 12.1 Å². The summed E-state index contributed by atoms with van der Waals surface area (Å²) >= 11 is 0. The van der Waals surface area contributed by atoms with Gasteiger partial charge in [0.05, 0.1) is 6.10 Å². The Morgan fingerprint density at radius 3 is 2.79 bits per heavy atom. The van der Waals surface area contributed by atoms with Crippen LogP contribution in [-0.2, 0) is 14.2 Å². The van der Waals surface area contributed by atoms with Gasteiger partial charge in [-0.05, 0) is 38.7 Å². The molecule has 2 unspecified atom stereocenters. The topological polar surface area (TPSA) is 123 Å². The number of nitrogens with zero attached hydrogens (tertiary/aromatic N) is 4. The van der Waals surface area contributed by atoms with Crippen LogP contribution in [0.25, 0.3) is 0 Å². The molecule has 2 aliphatic rings. The van der Waals surface area contributed by atoms with Gasteiger partial charge in [-0.2, -0.15) is 5.10 Å². The molecule has 2 N–H and O–H groups in total. The molecule has 2 atom stereocenters. The fourth-order valence-corrected chi connectivity index (χ4v) is 2.67. The number of hydrazone groups is 1. The standard InChI is InChI=1S/C18H28N4O4.CHN/c1-5-8-14-16(19)20-12-21-22(14)15-10-9-13(25-15)11-24-17(23)26-18(4,6-2)7-3;1-2/h5,8,12-13,15H,1,6-7,9-11H2,2-4H3,(H2,19,20,21);1H/b14-8-;. The van der Waals surface area contributed by atoms with Crippen LogP contribution in [0.3, 0.4) is 0 Å². The normalized spacial score (nSPS) is 22.8. The van der Waals surface area contributed by atoms with Crippen LogP contribution in [-0.4, -0.2) is 47.9 Å². The maximum atomic E-state index is 11.9. The Hall–Kier alpha value is -2.86. The minimum Gasteiger partial charge on any atom is -0.432 e. The van der Waals surface area contributed by atoms with Crippen LogP contribution in [0, 0.1) is 11.8 Å². The summed E-state index contributed by atoms with van der Waals surface area (Å²) in [5, 5.41) is 12.4. The first kappa shape index (κ1) is 23.2. The first-order chi connectivity index (χ1) is 13.4. The summed E-state index contributed by atoms with van der Waals surface area (Å²) in [7, 11) is 0. The smallest absolute Gasteiger partial charge is 0.432 e. The lowest BCUT2D eigenvalue weighted by Gasteiger charge is -2.29. The lowest BCUT2D eigenvalue weighted by molar-refractivity contribution is -0.0749. The van der Waals surface area contributed by atoms with Gasteiger partial charge in [-0.3, -0.25) is 0 Å². The molecular formula is C19H29N5O4. The highest BCUT2D eigenvalue weighted by molar-refractivity contribution is 6.01. The van der Waals surface area contributed by atoms with Crippen LogP contribution in [0.1, 0.15) is 46.5 Å². The van der Waals surface area contributed by atoms with Gasteiger partial charge < -0.3 is 19.9 Å². The fraction of sp³-hybridized carbons (Fsp3) is 0.579. The number of carbonyl (C=O) groups is 1. The monoisotopic (exact) mass is 391 g/mol. The minimum absolute atomic E-state index is 0.139. The molecule has 154 valence electrons. The van der Waals surface area contributed by atoms with Crippen molar-refractivity contribution in [3.63, 3.8) is 0 Å². The number of rotatable bonds is 7. The van der Waals surface area contributed by atoms with Gasteiger partial charge in [0.25, 0.3) is 0 Å². The van der Waals surface area contributed by atoms with Gasteiger partial charge in [0.1, 0.15) is 24.2 Å². The van der Waals surface area contributed by atoms with E-state index < -0.39 is 11.8 Å². The molecule has 2 heterocycles. The average Bonchev–Trinajstić information content (AvgIpc) is 3.18. The molecule has 0 aliphatic carbocycles. The van der Waals surface area contributed by atoms with E-state index in [2.05, 4.69) is 23.2 Å². The molecule has 0 aromatic heterocycles. The Morgan fingerprint density at radius 2 is 2.18 bits per heavy atom. The van der Waals surface area contributed by atoms with E-state index >= 15 is 0 Å². The highest BCUT2D eigenvalue weighted by Gasteiger charge is 2.34. The van der Waals surface area contributed by atoms with Crippen LogP contribution in [0.2, 0.25) is 0 Å². The minimum atomic E-state index is -0.664. The molecule has 9 nitrogen and oxygen atoms in total. The maximum absolute atomic E-state index is 11.9. The molecule has 0 spiro atoms. The molecule has 2 aliphatic heterocycles. The highest BCUT2D eigenvalue weighted by Crippen LogP contribution is 2.27. The quantitative estimate of drug-likeness (QED) is 0.662. The third-order valence-corrected chi connectivity index (χ3v) is 4.73. The van der Waals surface area contributed by atoms with Crippen molar-refractivity contribution < 1.29 is 19.0 Å². The second-order valence-corrected chi connectivity index (χ2v) is 6.49. The SMILES string of the molecule is C#N.C=C/C=C1/C(N)=NC=NN1C1CCC(COC(=O)OC(C)(CC)CC)O1. The number of hydrogen-bond acceptors (Lipinski definition) is 9. The van der Waals surface area contributed by atoms with Crippen molar-refractivity contribution in [1.29, 1.82) is 5.26 Å². The Bertz CT molecular complexity index is 652. The van der Waals surface area contributed by atoms with Crippen molar-refractivity contribution in [2.24, 2.45) is 15.8 Å². The second-order valence-electron chi connectivity index (χ2n) is 6.49. The molecule has 0 aromatic carbocycles. The van der Waals surface area contributed by atoms with Gasteiger partial charge in [0, 0.05) is 6.57 Å². The average molecular weight is 391 g/mol. The predicted molar refractivity (Wildman–Crippen MR) is 106 cm³/mol. The second kappa shape index (κ2) is 11.1. The van der Waals surface area contributed by atoms with Gasteiger partial charge in [-0.25, -0.2) is 20.1 Å². The molecule has 2 rings (SSSR count). The molecule has 9 heteroatoms. The van der Waals surface area contributed by atoms with E-state index in [-0.39, 0.29) is 18.9 Å². The largest absolute Gasteiger partial charge is 0.508 e. The lowest BCUT2D eigenvalue weighted by atomic mass is 10.0. The molecule has 0 amide bonds. The van der Waals surface area contributed by atoms with E-state index in [0.717, 1.165) is 25.7 Å². The Balaban J connectivity index is 0.00000190. The van der Waals surface area contributed by atoms with Crippen LogP contribution in [0.5, 0.6) is 0 Å². The number of nitrogens with two attached hydrogens (primary N) is 1. The Kier molecular flexibility index (Phi) is 9.18. The van der Waals surface area contributed by atoms with E-state index in [9.17, 15) is 4.79 Å². The summed E-state index contributed by atoms with van der Waals surface area (Å²) in [4.78, 5) is 15.9. The summed E-state index contributed by atoms with van der Waals surface area (Å²) in [6, 6.07) is 0. The van der Waals surface area contributed by atoms with Gasteiger partial charge >= 0.3 is 6.16 Å². The van der Waals surface area contributed by atoms with Crippen LogP contribution in [0.4, 0.5) is 4.79 Å². The molecular weight excluding hydrogens is 362 g/mol. The van der Waals surface area contributed by atoms with Gasteiger partial charge in [0.2, 0.25) is 0 Å². The number of amidine groups is 1. The van der Waals surface area contributed by atoms with Crippen LogP contribution in [0.15, 0.2) is 34.5 Å². The summed E-state index contributed by atoms with van der Waals surface area (Å²) in [6.45, 7) is 13.2. The van der Waals surface area contributed by atoms with E-state index in [0.29, 0.717) is 11.5 Å².